The van der Waals surface area contributed by atoms with Gasteiger partial charge in [0.05, 0.1) is 0 Å². The SMILES string of the molecule is COn1c(=O)cc[nH]c1=O. The zero-order chi connectivity index (χ0) is 7.56. The molecule has 0 radical (unpaired) electrons. The standard InChI is InChI=1S/C5H6N2O3/c1-10-7-4(8)2-3-6-5(7)9/h2-3H,1H3,(H,6,9). The van der Waals surface area contributed by atoms with Crippen molar-refractivity contribution in [1.82, 2.24) is 9.71 Å². The molecule has 0 aliphatic carbocycles. The van der Waals surface area contributed by atoms with Gasteiger partial charge in [0.2, 0.25) is 0 Å². The number of rotatable bonds is 1. The first-order valence-electron chi connectivity index (χ1n) is 2.61. The number of aromatic amines is 1. The third-order valence-corrected chi connectivity index (χ3v) is 1.000. The third-order valence-electron chi connectivity index (χ3n) is 1.000. The van der Waals surface area contributed by atoms with Crippen LogP contribution < -0.4 is 16.1 Å². The molecule has 0 saturated heterocycles. The summed E-state index contributed by atoms with van der Waals surface area (Å²) in [6.45, 7) is 0. The summed E-state index contributed by atoms with van der Waals surface area (Å²) in [5.41, 5.74) is -1.05. The quantitative estimate of drug-likeness (QED) is 0.524. The molecule has 0 bridgehead atoms. The van der Waals surface area contributed by atoms with Gasteiger partial charge in [-0.05, 0) is 0 Å². The van der Waals surface area contributed by atoms with Crippen LogP contribution in [0.15, 0.2) is 21.9 Å². The van der Waals surface area contributed by atoms with E-state index in [-0.39, 0.29) is 0 Å². The number of H-pyrrole nitrogens is 1. The summed E-state index contributed by atoms with van der Waals surface area (Å²) in [7, 11) is 1.25. The molecule has 0 amide bonds. The number of hydrogen-bond acceptors (Lipinski definition) is 3. The van der Waals surface area contributed by atoms with Crippen molar-refractivity contribution < 1.29 is 4.84 Å². The van der Waals surface area contributed by atoms with Crippen LogP contribution in [-0.2, 0) is 0 Å². The Kier molecular flexibility index (Phi) is 1.57. The molecule has 5 heteroatoms. The minimum atomic E-state index is -0.574. The second-order valence-electron chi connectivity index (χ2n) is 1.60. The summed E-state index contributed by atoms with van der Waals surface area (Å²) in [5.74, 6) is 0. The van der Waals surface area contributed by atoms with E-state index in [1.807, 2.05) is 0 Å². The maximum absolute atomic E-state index is 10.7. The van der Waals surface area contributed by atoms with Gasteiger partial charge in [0, 0.05) is 12.3 Å². The van der Waals surface area contributed by atoms with Crippen LogP contribution in [0.25, 0.3) is 0 Å². The first-order chi connectivity index (χ1) is 4.75. The molecule has 1 N–H and O–H groups in total. The van der Waals surface area contributed by atoms with Gasteiger partial charge in [0.1, 0.15) is 7.11 Å². The molecule has 1 aromatic heterocycles. The van der Waals surface area contributed by atoms with E-state index in [4.69, 9.17) is 0 Å². The molecular weight excluding hydrogens is 136 g/mol. The van der Waals surface area contributed by atoms with E-state index in [0.29, 0.717) is 4.73 Å². The molecule has 10 heavy (non-hydrogen) atoms. The van der Waals surface area contributed by atoms with Gasteiger partial charge in [-0.25, -0.2) is 4.79 Å². The summed E-state index contributed by atoms with van der Waals surface area (Å²) in [4.78, 5) is 28.1. The van der Waals surface area contributed by atoms with Gasteiger partial charge >= 0.3 is 5.69 Å². The highest BCUT2D eigenvalue weighted by molar-refractivity contribution is 4.79. The van der Waals surface area contributed by atoms with Crippen LogP contribution in [0, 0.1) is 0 Å². The Bertz CT molecular complexity index is 296. The molecule has 1 aromatic rings. The minimum absolute atomic E-state index is 0.480. The summed E-state index contributed by atoms with van der Waals surface area (Å²) in [6, 6.07) is 1.20. The highest BCUT2D eigenvalue weighted by Crippen LogP contribution is 1.59. The van der Waals surface area contributed by atoms with Crippen molar-refractivity contribution in [2.24, 2.45) is 0 Å². The summed E-state index contributed by atoms with van der Waals surface area (Å²) in [6.07, 6.45) is 1.26. The first kappa shape index (κ1) is 6.60. The second-order valence-corrected chi connectivity index (χ2v) is 1.60. The lowest BCUT2D eigenvalue weighted by atomic mass is 10.7. The lowest BCUT2D eigenvalue weighted by Gasteiger charge is -1.97. The van der Waals surface area contributed by atoms with E-state index < -0.39 is 11.2 Å². The zero-order valence-corrected chi connectivity index (χ0v) is 5.33. The second kappa shape index (κ2) is 2.38. The summed E-state index contributed by atoms with van der Waals surface area (Å²) < 4.78 is 0.625. The molecule has 0 spiro atoms. The van der Waals surface area contributed by atoms with Crippen molar-refractivity contribution in [3.05, 3.63) is 33.1 Å². The molecule has 0 aliphatic rings. The van der Waals surface area contributed by atoms with Crippen LogP contribution in [0.3, 0.4) is 0 Å². The monoisotopic (exact) mass is 142 g/mol. The van der Waals surface area contributed by atoms with Crippen molar-refractivity contribution in [1.29, 1.82) is 0 Å². The van der Waals surface area contributed by atoms with E-state index >= 15 is 0 Å². The van der Waals surface area contributed by atoms with Crippen LogP contribution in [0.1, 0.15) is 0 Å². The molecule has 1 heterocycles. The molecule has 5 nitrogen and oxygen atoms in total. The average Bonchev–Trinajstić information content (AvgIpc) is 1.88. The fourth-order valence-electron chi connectivity index (χ4n) is 0.584. The first-order valence-corrected chi connectivity index (χ1v) is 2.61. The predicted molar refractivity (Wildman–Crippen MR) is 33.8 cm³/mol. The minimum Gasteiger partial charge on any atom is -0.409 e. The van der Waals surface area contributed by atoms with Crippen LogP contribution in [0.4, 0.5) is 0 Å². The van der Waals surface area contributed by atoms with Crippen molar-refractivity contribution >= 4 is 0 Å². The van der Waals surface area contributed by atoms with Gasteiger partial charge in [-0.15, -0.1) is 0 Å². The Morgan fingerprint density at radius 2 is 2.30 bits per heavy atom. The lowest BCUT2D eigenvalue weighted by Crippen LogP contribution is -2.37. The number of hydrogen-bond donors (Lipinski definition) is 1. The highest BCUT2D eigenvalue weighted by Gasteiger charge is 1.95. The van der Waals surface area contributed by atoms with E-state index in [1.54, 1.807) is 0 Å². The normalized spacial score (nSPS) is 9.30. The summed E-state index contributed by atoms with van der Waals surface area (Å²) in [5, 5.41) is 0. The van der Waals surface area contributed by atoms with Gasteiger partial charge in [0.15, 0.2) is 0 Å². The van der Waals surface area contributed by atoms with Crippen LogP contribution >= 0.6 is 0 Å². The van der Waals surface area contributed by atoms with E-state index in [1.165, 1.54) is 19.4 Å². The maximum atomic E-state index is 10.7. The molecule has 0 unspecified atom stereocenters. The van der Waals surface area contributed by atoms with Gasteiger partial charge in [0.25, 0.3) is 5.56 Å². The third kappa shape index (κ3) is 0.928. The van der Waals surface area contributed by atoms with Crippen LogP contribution in [-0.4, -0.2) is 16.8 Å². The largest absolute Gasteiger partial charge is 0.409 e. The van der Waals surface area contributed by atoms with Crippen LogP contribution in [0.2, 0.25) is 0 Å². The number of aromatic nitrogens is 2. The van der Waals surface area contributed by atoms with Crippen molar-refractivity contribution in [2.75, 3.05) is 7.11 Å². The van der Waals surface area contributed by atoms with Gasteiger partial charge in [-0.1, -0.05) is 4.73 Å². The molecule has 0 fully saturated rings. The Morgan fingerprint density at radius 1 is 1.60 bits per heavy atom. The molecule has 0 saturated carbocycles. The number of nitrogens with zero attached hydrogens (tertiary/aromatic N) is 1. The highest BCUT2D eigenvalue weighted by atomic mass is 16.7. The molecule has 0 aromatic carbocycles. The van der Waals surface area contributed by atoms with Gasteiger partial charge in [-0.3, -0.25) is 4.79 Å². The zero-order valence-electron chi connectivity index (χ0n) is 5.33. The fraction of sp³-hybridized carbons (Fsp3) is 0.200. The molecule has 0 aliphatic heterocycles. The molecular formula is C5H6N2O3. The Labute approximate surface area is 55.8 Å². The Morgan fingerprint density at radius 3 is 2.70 bits per heavy atom. The van der Waals surface area contributed by atoms with Gasteiger partial charge < -0.3 is 9.82 Å². The van der Waals surface area contributed by atoms with Crippen molar-refractivity contribution in [3.63, 3.8) is 0 Å². The number of nitrogens with one attached hydrogen (secondary N) is 1. The maximum Gasteiger partial charge on any atom is 0.361 e. The van der Waals surface area contributed by atoms with E-state index in [0.717, 1.165) is 0 Å². The van der Waals surface area contributed by atoms with Gasteiger partial charge in [-0.2, -0.15) is 0 Å². The van der Waals surface area contributed by atoms with Crippen molar-refractivity contribution in [3.8, 4) is 0 Å². The lowest BCUT2D eigenvalue weighted by molar-refractivity contribution is 0.144. The molecule has 1 rings (SSSR count). The predicted octanol–water partition coefficient (Wildman–Crippen LogP) is -1.41. The molecule has 54 valence electrons. The summed E-state index contributed by atoms with van der Waals surface area (Å²) >= 11 is 0. The van der Waals surface area contributed by atoms with E-state index in [2.05, 4.69) is 9.82 Å². The smallest absolute Gasteiger partial charge is 0.361 e. The van der Waals surface area contributed by atoms with Crippen LogP contribution in [0.5, 0.6) is 0 Å². The molecule has 0 atom stereocenters. The van der Waals surface area contributed by atoms with Crippen molar-refractivity contribution in [2.45, 2.75) is 0 Å². The Balaban J connectivity index is 3.46. The van der Waals surface area contributed by atoms with E-state index in [9.17, 15) is 9.59 Å². The Hall–Kier alpha value is -1.52. The average molecular weight is 142 g/mol. The fourth-order valence-corrected chi connectivity index (χ4v) is 0.584. The topological polar surface area (TPSA) is 64.1 Å².